The van der Waals surface area contributed by atoms with E-state index in [1.807, 2.05) is 0 Å². The SMILES string of the molecule is CCCCCCC[C@H](O)C#C[C@@H]1[C@@H](O)CC[C@]2(C)[C@H]1CC21OCCO1. The van der Waals surface area contributed by atoms with Crippen LogP contribution in [0.4, 0.5) is 0 Å². The van der Waals surface area contributed by atoms with Gasteiger partial charge in [-0.25, -0.2) is 0 Å². The summed E-state index contributed by atoms with van der Waals surface area (Å²) in [6.45, 7) is 5.75. The lowest BCUT2D eigenvalue weighted by Crippen LogP contribution is -2.67. The van der Waals surface area contributed by atoms with Crippen LogP contribution in [0.15, 0.2) is 0 Å². The van der Waals surface area contributed by atoms with Gasteiger partial charge in [0.15, 0.2) is 5.79 Å². The smallest absolute Gasteiger partial charge is 0.174 e. The molecule has 1 spiro atoms. The van der Waals surface area contributed by atoms with Crippen molar-refractivity contribution in [2.75, 3.05) is 13.2 Å². The molecule has 4 heteroatoms. The Morgan fingerprint density at radius 2 is 1.88 bits per heavy atom. The molecule has 0 amide bonds. The third-order valence-electron chi connectivity index (χ3n) is 6.74. The maximum atomic E-state index is 10.5. The molecule has 0 aromatic heterocycles. The second-order valence-electron chi connectivity index (χ2n) is 8.32. The molecule has 2 N–H and O–H groups in total. The molecule has 5 atom stereocenters. The third-order valence-corrected chi connectivity index (χ3v) is 6.74. The van der Waals surface area contributed by atoms with E-state index in [4.69, 9.17) is 9.47 Å². The molecule has 0 unspecified atom stereocenters. The van der Waals surface area contributed by atoms with Crippen LogP contribution in [-0.4, -0.2) is 41.4 Å². The zero-order valence-corrected chi connectivity index (χ0v) is 15.8. The summed E-state index contributed by atoms with van der Waals surface area (Å²) in [5.74, 6) is 6.01. The van der Waals surface area contributed by atoms with Crippen molar-refractivity contribution in [1.82, 2.24) is 0 Å². The first kappa shape index (κ1) is 19.2. The number of ether oxygens (including phenoxy) is 2. The number of aliphatic hydroxyl groups is 2. The first-order valence-electron chi connectivity index (χ1n) is 10.2. The number of unbranched alkanes of at least 4 members (excludes halogenated alkanes) is 4. The summed E-state index contributed by atoms with van der Waals surface area (Å²) in [5, 5.41) is 20.6. The molecule has 3 aliphatic rings. The predicted molar refractivity (Wildman–Crippen MR) is 96.7 cm³/mol. The lowest BCUT2D eigenvalue weighted by atomic mass is 9.47. The van der Waals surface area contributed by atoms with Crippen LogP contribution in [0.2, 0.25) is 0 Å². The van der Waals surface area contributed by atoms with E-state index in [1.165, 1.54) is 19.3 Å². The van der Waals surface area contributed by atoms with Crippen LogP contribution in [0.25, 0.3) is 0 Å². The Kier molecular flexibility index (Phi) is 6.11. The molecular formula is C21H34O4. The minimum atomic E-state index is -0.574. The predicted octanol–water partition coefficient (Wildman–Crippen LogP) is 3.25. The van der Waals surface area contributed by atoms with E-state index in [1.54, 1.807) is 0 Å². The monoisotopic (exact) mass is 350 g/mol. The topological polar surface area (TPSA) is 58.9 Å². The molecular weight excluding hydrogens is 316 g/mol. The van der Waals surface area contributed by atoms with Crippen molar-refractivity contribution in [2.24, 2.45) is 17.3 Å². The third kappa shape index (κ3) is 3.62. The lowest BCUT2D eigenvalue weighted by Gasteiger charge is -2.64. The fourth-order valence-electron chi connectivity index (χ4n) is 5.00. The van der Waals surface area contributed by atoms with Crippen LogP contribution >= 0.6 is 0 Å². The summed E-state index contributed by atoms with van der Waals surface area (Å²) in [5.41, 5.74) is -0.0623. The van der Waals surface area contributed by atoms with Gasteiger partial charge in [-0.05, 0) is 31.6 Å². The van der Waals surface area contributed by atoms with Crippen LogP contribution < -0.4 is 0 Å². The van der Waals surface area contributed by atoms with E-state index in [0.717, 1.165) is 38.5 Å². The molecule has 1 saturated heterocycles. The Hall–Kier alpha value is -0.600. The first-order chi connectivity index (χ1) is 12.0. The second-order valence-corrected chi connectivity index (χ2v) is 8.32. The van der Waals surface area contributed by atoms with E-state index in [-0.39, 0.29) is 11.3 Å². The Balaban J connectivity index is 1.55. The summed E-state index contributed by atoms with van der Waals surface area (Å²) < 4.78 is 11.9. The quantitative estimate of drug-likeness (QED) is 0.570. The maximum Gasteiger partial charge on any atom is 0.174 e. The molecule has 2 aliphatic carbocycles. The van der Waals surface area contributed by atoms with Gasteiger partial charge in [0.05, 0.1) is 25.2 Å². The zero-order chi connectivity index (χ0) is 17.9. The summed E-state index contributed by atoms with van der Waals surface area (Å²) >= 11 is 0. The van der Waals surface area contributed by atoms with Crippen LogP contribution in [0, 0.1) is 29.1 Å². The van der Waals surface area contributed by atoms with Crippen molar-refractivity contribution >= 4 is 0 Å². The van der Waals surface area contributed by atoms with Crippen molar-refractivity contribution in [3.8, 4) is 11.8 Å². The van der Waals surface area contributed by atoms with Gasteiger partial charge in [0.1, 0.15) is 6.10 Å². The number of aliphatic hydroxyl groups excluding tert-OH is 2. The molecule has 3 rings (SSSR count). The maximum absolute atomic E-state index is 10.5. The second kappa shape index (κ2) is 7.96. The molecule has 25 heavy (non-hydrogen) atoms. The number of fused-ring (bicyclic) bond motifs is 2. The Bertz CT molecular complexity index is 502. The highest BCUT2D eigenvalue weighted by atomic mass is 16.7. The molecule has 3 fully saturated rings. The molecule has 1 heterocycles. The molecule has 142 valence electrons. The van der Waals surface area contributed by atoms with Gasteiger partial charge in [-0.3, -0.25) is 0 Å². The van der Waals surface area contributed by atoms with Crippen molar-refractivity contribution < 1.29 is 19.7 Å². The molecule has 0 aromatic rings. The normalized spacial score (nSPS) is 37.0. The Labute approximate surface area is 152 Å². The van der Waals surface area contributed by atoms with Gasteiger partial charge in [0.25, 0.3) is 0 Å². The highest BCUT2D eigenvalue weighted by molar-refractivity contribution is 5.21. The van der Waals surface area contributed by atoms with E-state index >= 15 is 0 Å². The summed E-state index contributed by atoms with van der Waals surface area (Å²) in [7, 11) is 0. The van der Waals surface area contributed by atoms with Gasteiger partial charge in [0, 0.05) is 11.8 Å². The van der Waals surface area contributed by atoms with Gasteiger partial charge in [-0.15, -0.1) is 0 Å². The lowest BCUT2D eigenvalue weighted by molar-refractivity contribution is -0.344. The molecule has 0 radical (unpaired) electrons. The summed E-state index contributed by atoms with van der Waals surface area (Å²) in [6.07, 6.45) is 8.14. The molecule has 0 aromatic carbocycles. The van der Waals surface area contributed by atoms with Crippen LogP contribution in [0.5, 0.6) is 0 Å². The van der Waals surface area contributed by atoms with Gasteiger partial charge in [-0.2, -0.15) is 0 Å². The molecule has 2 saturated carbocycles. The largest absolute Gasteiger partial charge is 0.392 e. The average Bonchev–Trinajstić information content (AvgIpc) is 3.10. The van der Waals surface area contributed by atoms with Gasteiger partial charge in [0.2, 0.25) is 0 Å². The van der Waals surface area contributed by atoms with Gasteiger partial charge in [-0.1, -0.05) is 51.4 Å². The average molecular weight is 350 g/mol. The number of rotatable bonds is 6. The van der Waals surface area contributed by atoms with Crippen molar-refractivity contribution in [3.05, 3.63) is 0 Å². The highest BCUT2D eigenvalue weighted by Crippen LogP contribution is 2.66. The molecule has 1 aliphatic heterocycles. The molecule has 4 nitrogen and oxygen atoms in total. The first-order valence-corrected chi connectivity index (χ1v) is 10.2. The summed E-state index contributed by atoms with van der Waals surface area (Å²) in [6, 6.07) is 0. The van der Waals surface area contributed by atoms with Gasteiger partial charge < -0.3 is 19.7 Å². The minimum Gasteiger partial charge on any atom is -0.392 e. The highest BCUT2D eigenvalue weighted by Gasteiger charge is 2.69. The fraction of sp³-hybridized carbons (Fsp3) is 0.905. The van der Waals surface area contributed by atoms with Crippen LogP contribution in [0.1, 0.15) is 71.6 Å². The van der Waals surface area contributed by atoms with Crippen molar-refractivity contribution in [1.29, 1.82) is 0 Å². The molecule has 0 bridgehead atoms. The standard InChI is InChI=1S/C21H34O4/c1-3-4-5-6-7-8-16(22)9-10-17-18-15-21(24-13-14-25-21)20(18,2)12-11-19(17)23/h16-19,22-23H,3-8,11-15H2,1-2H3/t16-,17-,18-,19-,20+/m0/s1. The van der Waals surface area contributed by atoms with Crippen LogP contribution in [-0.2, 0) is 9.47 Å². The Morgan fingerprint density at radius 3 is 2.60 bits per heavy atom. The van der Waals surface area contributed by atoms with E-state index < -0.39 is 18.0 Å². The number of hydrogen-bond donors (Lipinski definition) is 2. The van der Waals surface area contributed by atoms with Crippen molar-refractivity contribution in [2.45, 2.75) is 89.6 Å². The van der Waals surface area contributed by atoms with E-state index in [0.29, 0.717) is 19.1 Å². The number of hydrogen-bond acceptors (Lipinski definition) is 4. The van der Waals surface area contributed by atoms with E-state index in [2.05, 4.69) is 25.7 Å². The fourth-order valence-corrected chi connectivity index (χ4v) is 5.00. The minimum absolute atomic E-state index is 0.0623. The zero-order valence-electron chi connectivity index (χ0n) is 15.8. The van der Waals surface area contributed by atoms with Crippen molar-refractivity contribution in [3.63, 3.8) is 0 Å². The van der Waals surface area contributed by atoms with Gasteiger partial charge >= 0.3 is 0 Å². The van der Waals surface area contributed by atoms with E-state index in [9.17, 15) is 10.2 Å². The summed E-state index contributed by atoms with van der Waals surface area (Å²) in [4.78, 5) is 0. The Morgan fingerprint density at radius 1 is 1.16 bits per heavy atom. The van der Waals surface area contributed by atoms with Crippen LogP contribution in [0.3, 0.4) is 0 Å².